The van der Waals surface area contributed by atoms with Crippen LogP contribution in [0.5, 0.6) is 0 Å². The molecule has 1 saturated heterocycles. The van der Waals surface area contributed by atoms with Crippen LogP contribution in [-0.2, 0) is 29.0 Å². The van der Waals surface area contributed by atoms with Crippen LogP contribution in [0.2, 0.25) is 0 Å². The number of amides is 1. The lowest BCUT2D eigenvalue weighted by atomic mass is 10.2. The number of thiophene rings is 1. The van der Waals surface area contributed by atoms with Gasteiger partial charge in [0.05, 0.1) is 18.2 Å². The number of nitrogens with one attached hydrogen (secondary N) is 1. The molecule has 3 rings (SSSR count). The number of carbonyl (C=O) groups is 1. The van der Waals surface area contributed by atoms with Gasteiger partial charge in [-0.2, -0.15) is 0 Å². The topological polar surface area (TPSA) is 54.5 Å². The Morgan fingerprint density at radius 2 is 2.38 bits per heavy atom. The van der Waals surface area contributed by atoms with Crippen molar-refractivity contribution < 1.29 is 9.53 Å². The molecule has 0 aromatic carbocycles. The summed E-state index contributed by atoms with van der Waals surface area (Å²) in [5, 5.41) is 7.70. The molecule has 0 bridgehead atoms. The quantitative estimate of drug-likeness (QED) is 0.781. The van der Waals surface area contributed by atoms with E-state index in [1.807, 2.05) is 0 Å². The Hall–Kier alpha value is -1.28. The number of carbonyl (C=O) groups excluding carboxylic acids is 1. The number of aromatic nitrogens is 1. The lowest BCUT2D eigenvalue weighted by molar-refractivity contribution is -0.119. The molecule has 2 aromatic rings. The highest BCUT2D eigenvalue weighted by atomic mass is 32.1. The highest BCUT2D eigenvalue weighted by molar-refractivity contribution is 7.10. The first kappa shape index (κ1) is 17.5. The first-order chi connectivity index (χ1) is 11.7. The summed E-state index contributed by atoms with van der Waals surface area (Å²) in [6.45, 7) is 3.52. The van der Waals surface area contributed by atoms with Crippen LogP contribution in [0.25, 0.3) is 0 Å². The standard InChI is InChI=1S/C17H23N3O2S2/c1-18-16(21)8-17-19-13(12-24-17)9-20(10-14-4-2-6-22-14)11-15-5-3-7-23-15/h3,5,7,12,14H,2,4,6,8-11H2,1H3,(H,18,21)/t14-/m0/s1. The lowest BCUT2D eigenvalue weighted by Crippen LogP contribution is -2.31. The van der Waals surface area contributed by atoms with Crippen LogP contribution in [-0.4, -0.2) is 42.1 Å². The second-order valence-electron chi connectivity index (χ2n) is 5.97. The Bertz CT molecular complexity index is 636. The molecule has 1 aliphatic rings. The third kappa shape index (κ3) is 5.11. The molecule has 0 saturated carbocycles. The van der Waals surface area contributed by atoms with E-state index in [1.54, 1.807) is 29.7 Å². The van der Waals surface area contributed by atoms with Gasteiger partial charge in [-0.1, -0.05) is 6.07 Å². The maximum Gasteiger partial charge on any atom is 0.226 e. The van der Waals surface area contributed by atoms with Crippen molar-refractivity contribution in [2.75, 3.05) is 20.2 Å². The highest BCUT2D eigenvalue weighted by Crippen LogP contribution is 2.20. The van der Waals surface area contributed by atoms with Crippen LogP contribution in [0.3, 0.4) is 0 Å². The van der Waals surface area contributed by atoms with Gasteiger partial charge in [-0.25, -0.2) is 4.98 Å². The molecule has 0 unspecified atom stereocenters. The van der Waals surface area contributed by atoms with E-state index in [-0.39, 0.29) is 5.91 Å². The van der Waals surface area contributed by atoms with Crippen LogP contribution >= 0.6 is 22.7 Å². The molecule has 24 heavy (non-hydrogen) atoms. The fourth-order valence-corrected chi connectivity index (χ4v) is 4.37. The van der Waals surface area contributed by atoms with Crippen molar-refractivity contribution in [3.63, 3.8) is 0 Å². The number of ether oxygens (including phenoxy) is 1. The van der Waals surface area contributed by atoms with Crippen LogP contribution in [0.1, 0.15) is 28.4 Å². The normalized spacial score (nSPS) is 17.5. The van der Waals surface area contributed by atoms with E-state index in [0.29, 0.717) is 12.5 Å². The van der Waals surface area contributed by atoms with Gasteiger partial charge in [0.1, 0.15) is 5.01 Å². The summed E-state index contributed by atoms with van der Waals surface area (Å²) in [6.07, 6.45) is 2.98. The van der Waals surface area contributed by atoms with E-state index in [0.717, 1.165) is 49.8 Å². The van der Waals surface area contributed by atoms with E-state index in [1.165, 1.54) is 4.88 Å². The predicted molar refractivity (Wildman–Crippen MR) is 97.3 cm³/mol. The third-order valence-corrected chi connectivity index (χ3v) is 5.78. The molecular formula is C17H23N3O2S2. The van der Waals surface area contributed by atoms with Gasteiger partial charge in [0.15, 0.2) is 0 Å². The van der Waals surface area contributed by atoms with Gasteiger partial charge >= 0.3 is 0 Å². The molecular weight excluding hydrogens is 342 g/mol. The Balaban J connectivity index is 1.62. The molecule has 5 nitrogen and oxygen atoms in total. The fourth-order valence-electron chi connectivity index (χ4n) is 2.84. The number of thiazole rings is 1. The van der Waals surface area contributed by atoms with Gasteiger partial charge in [0.2, 0.25) is 5.91 Å². The number of hydrogen-bond acceptors (Lipinski definition) is 6. The van der Waals surface area contributed by atoms with E-state index in [4.69, 9.17) is 4.74 Å². The van der Waals surface area contributed by atoms with Crippen molar-refractivity contribution in [1.29, 1.82) is 0 Å². The Labute approximate surface area is 150 Å². The molecule has 0 aliphatic carbocycles. The smallest absolute Gasteiger partial charge is 0.226 e. The van der Waals surface area contributed by atoms with Crippen molar-refractivity contribution >= 4 is 28.6 Å². The number of hydrogen-bond donors (Lipinski definition) is 1. The van der Waals surface area contributed by atoms with Gasteiger partial charge < -0.3 is 10.1 Å². The van der Waals surface area contributed by atoms with Gasteiger partial charge in [-0.3, -0.25) is 9.69 Å². The van der Waals surface area contributed by atoms with Crippen LogP contribution < -0.4 is 5.32 Å². The SMILES string of the molecule is CNC(=O)Cc1nc(CN(Cc2cccs2)C[C@@H]2CCCO2)cs1. The summed E-state index contributed by atoms with van der Waals surface area (Å²) >= 11 is 3.34. The Morgan fingerprint density at radius 1 is 1.46 bits per heavy atom. The molecule has 0 spiro atoms. The average molecular weight is 366 g/mol. The van der Waals surface area contributed by atoms with Crippen LogP contribution in [0, 0.1) is 0 Å². The third-order valence-electron chi connectivity index (χ3n) is 4.02. The zero-order chi connectivity index (χ0) is 16.8. The Kier molecular flexibility index (Phi) is 6.37. The molecule has 1 amide bonds. The minimum absolute atomic E-state index is 0.00528. The summed E-state index contributed by atoms with van der Waals surface area (Å²) in [6, 6.07) is 4.26. The minimum Gasteiger partial charge on any atom is -0.377 e. The first-order valence-electron chi connectivity index (χ1n) is 8.23. The number of nitrogens with zero attached hydrogens (tertiary/aromatic N) is 2. The molecule has 3 heterocycles. The number of likely N-dealkylation sites (N-methyl/N-ethyl adjacent to an activating group) is 1. The van der Waals surface area contributed by atoms with Crippen molar-refractivity contribution in [1.82, 2.24) is 15.2 Å². The van der Waals surface area contributed by atoms with Crippen LogP contribution in [0.15, 0.2) is 22.9 Å². The summed E-state index contributed by atoms with van der Waals surface area (Å²) in [7, 11) is 1.65. The zero-order valence-electron chi connectivity index (χ0n) is 13.9. The second kappa shape index (κ2) is 8.71. The van der Waals surface area contributed by atoms with Crippen LogP contribution in [0.4, 0.5) is 0 Å². The van der Waals surface area contributed by atoms with Crippen molar-refractivity contribution in [3.8, 4) is 0 Å². The zero-order valence-corrected chi connectivity index (χ0v) is 15.5. The fraction of sp³-hybridized carbons (Fsp3) is 0.529. The molecule has 0 radical (unpaired) electrons. The summed E-state index contributed by atoms with van der Waals surface area (Å²) < 4.78 is 5.80. The average Bonchev–Trinajstić information content (AvgIpc) is 3.31. The van der Waals surface area contributed by atoms with Crippen molar-refractivity contribution in [2.24, 2.45) is 0 Å². The van der Waals surface area contributed by atoms with E-state index in [2.05, 4.69) is 38.1 Å². The largest absolute Gasteiger partial charge is 0.377 e. The first-order valence-corrected chi connectivity index (χ1v) is 9.99. The van der Waals surface area contributed by atoms with Gasteiger partial charge in [0, 0.05) is 43.5 Å². The summed E-state index contributed by atoms with van der Waals surface area (Å²) in [5.74, 6) is 0.00528. The number of rotatable bonds is 8. The molecule has 1 N–H and O–H groups in total. The lowest BCUT2D eigenvalue weighted by Gasteiger charge is -2.23. The van der Waals surface area contributed by atoms with Crippen molar-refractivity contribution in [2.45, 2.75) is 38.5 Å². The van der Waals surface area contributed by atoms with Gasteiger partial charge in [0.25, 0.3) is 0 Å². The minimum atomic E-state index is 0.00528. The molecule has 1 atom stereocenters. The molecule has 1 fully saturated rings. The summed E-state index contributed by atoms with van der Waals surface area (Å²) in [4.78, 5) is 19.9. The van der Waals surface area contributed by atoms with E-state index < -0.39 is 0 Å². The van der Waals surface area contributed by atoms with Crippen molar-refractivity contribution in [3.05, 3.63) is 38.5 Å². The Morgan fingerprint density at radius 3 is 3.08 bits per heavy atom. The molecule has 2 aromatic heterocycles. The molecule has 130 valence electrons. The maximum absolute atomic E-state index is 11.5. The van der Waals surface area contributed by atoms with E-state index in [9.17, 15) is 4.79 Å². The van der Waals surface area contributed by atoms with Gasteiger partial charge in [-0.05, 0) is 24.3 Å². The maximum atomic E-state index is 11.5. The molecule has 1 aliphatic heterocycles. The van der Waals surface area contributed by atoms with Gasteiger partial charge in [-0.15, -0.1) is 22.7 Å². The van der Waals surface area contributed by atoms with E-state index >= 15 is 0 Å². The predicted octanol–water partition coefficient (Wildman–Crippen LogP) is 2.67. The molecule has 7 heteroatoms. The summed E-state index contributed by atoms with van der Waals surface area (Å²) in [5.41, 5.74) is 1.04. The second-order valence-corrected chi connectivity index (χ2v) is 7.94. The highest BCUT2D eigenvalue weighted by Gasteiger charge is 2.20. The monoisotopic (exact) mass is 365 g/mol.